The van der Waals surface area contributed by atoms with Crippen LogP contribution < -0.4 is 47.3 Å². The first-order valence-corrected chi connectivity index (χ1v) is 27.9. The number of carboxylic acid groups (broad SMARTS) is 2. The van der Waals surface area contributed by atoms with Crippen molar-refractivity contribution in [3.63, 3.8) is 0 Å². The molecule has 27 heteroatoms. The number of hydrogen-bond donors (Lipinski definition) is 14. The number of carbonyl (C=O) groups is 3. The van der Waals surface area contributed by atoms with E-state index in [4.69, 9.17) is 86.4 Å². The molecule has 88 heavy (non-hydrogen) atoms. The number of alkyl halides is 3. The van der Waals surface area contributed by atoms with Gasteiger partial charge in [-0.1, -0.05) is 95.5 Å². The zero-order chi connectivity index (χ0) is 63.9. The summed E-state index contributed by atoms with van der Waals surface area (Å²) in [5.74, 6) is -1.93. The van der Waals surface area contributed by atoms with Crippen LogP contribution in [-0.2, 0) is 6.18 Å². The maximum Gasteiger partial charge on any atom is 0.416 e. The molecule has 452 valence electrons. The number of phenols is 3. The zero-order valence-corrected chi connectivity index (χ0v) is 50.6. The monoisotopic (exact) mass is 1330 g/mol. The van der Waals surface area contributed by atoms with E-state index < -0.39 is 29.7 Å². The Kier molecular flexibility index (Phi) is 25.2. The Bertz CT molecular complexity index is 3780. The Labute approximate surface area is 537 Å². The highest BCUT2D eigenvalue weighted by molar-refractivity contribution is 7.81. The van der Waals surface area contributed by atoms with Gasteiger partial charge in [0.15, 0.2) is 21.1 Å². The van der Waals surface area contributed by atoms with E-state index >= 15 is 0 Å². The Morgan fingerprint density at radius 2 is 0.875 bits per heavy atom. The van der Waals surface area contributed by atoms with Crippen molar-refractivity contribution in [2.75, 3.05) is 42.5 Å². The van der Waals surface area contributed by atoms with E-state index in [1.165, 1.54) is 48.5 Å². The van der Waals surface area contributed by atoms with Gasteiger partial charge in [0.25, 0.3) is 0 Å². The summed E-state index contributed by atoms with van der Waals surface area (Å²) >= 11 is 37.5. The molecule has 0 saturated heterocycles. The quantitative estimate of drug-likeness (QED) is 0.0308. The highest BCUT2D eigenvalue weighted by Crippen LogP contribution is 2.36. The van der Waals surface area contributed by atoms with Crippen LogP contribution in [0.4, 0.5) is 63.5 Å². The van der Waals surface area contributed by atoms with Gasteiger partial charge < -0.3 is 72.8 Å². The summed E-state index contributed by atoms with van der Waals surface area (Å²) in [6.07, 6.45) is -4.58. The van der Waals surface area contributed by atoms with Gasteiger partial charge in [-0.25, -0.2) is 14.4 Å². The van der Waals surface area contributed by atoms with E-state index in [1.807, 2.05) is 91.0 Å². The maximum atomic E-state index is 12.9. The van der Waals surface area contributed by atoms with E-state index in [2.05, 4.69) is 55.2 Å². The number of ether oxygens (including phenoxy) is 1. The lowest BCUT2D eigenvalue weighted by molar-refractivity contribution is -0.137. The second kappa shape index (κ2) is 32.8. The number of thiol groups is 1. The van der Waals surface area contributed by atoms with Crippen molar-refractivity contribution < 1.29 is 57.8 Å². The van der Waals surface area contributed by atoms with Gasteiger partial charge in [0, 0.05) is 26.3 Å². The fourth-order valence-corrected chi connectivity index (χ4v) is 8.33. The van der Waals surface area contributed by atoms with Gasteiger partial charge in [-0.3, -0.25) is 0 Å². The van der Waals surface area contributed by atoms with Gasteiger partial charge in [-0.15, -0.1) is 12.6 Å². The number of rotatable bonds is 12. The Hall–Kier alpha value is -9.53. The highest BCUT2D eigenvalue weighted by Gasteiger charge is 2.31. The number of nitrogens with one attached hydrogen (secondary N) is 8. The first kappa shape index (κ1) is 67.6. The predicted octanol–water partition coefficient (Wildman–Crippen LogP) is 17.4. The molecule has 0 aliphatic heterocycles. The molecule has 0 aliphatic carbocycles. The van der Waals surface area contributed by atoms with E-state index in [1.54, 1.807) is 48.5 Å². The highest BCUT2D eigenvalue weighted by atomic mass is 35.5. The molecule has 0 atom stereocenters. The molecule has 0 spiro atoms. The Morgan fingerprint density at radius 3 is 1.39 bits per heavy atom. The summed E-state index contributed by atoms with van der Waals surface area (Å²) in [4.78, 5) is 35.1. The van der Waals surface area contributed by atoms with Crippen molar-refractivity contribution in [3.05, 3.63) is 238 Å². The molecule has 0 unspecified atom stereocenters. The van der Waals surface area contributed by atoms with E-state index in [0.717, 1.165) is 40.2 Å². The van der Waals surface area contributed by atoms with Crippen LogP contribution in [0, 0.1) is 0 Å². The SMILES string of the molecule is O=C(Nc1cc(C(F)(F)F)ccc1Cl)Nc1cc(Cl)ccc1Oc1ccc(Cl)cc1.O=C(O)c1ccc(O)c(NC(=S)Nc2cc(C(=O)O)ccc2O)c1.Oc1ccccc1NC(=S)Nc1ccccc1.S=C(Nc1ccccc1)Nc1ccccc1S. The molecule has 17 nitrogen and oxygen atoms in total. The van der Waals surface area contributed by atoms with Crippen molar-refractivity contribution in [2.24, 2.45) is 0 Å². The van der Waals surface area contributed by atoms with Gasteiger partial charge in [0.1, 0.15) is 23.0 Å². The molecular formula is C61H48Cl3F3N8O9S4. The van der Waals surface area contributed by atoms with Crippen LogP contribution in [-0.4, -0.2) is 58.8 Å². The van der Waals surface area contributed by atoms with Crippen LogP contribution >= 0.6 is 84.1 Å². The summed E-state index contributed by atoms with van der Waals surface area (Å²) < 4.78 is 44.4. The van der Waals surface area contributed by atoms with E-state index in [0.29, 0.717) is 31.7 Å². The van der Waals surface area contributed by atoms with E-state index in [-0.39, 0.29) is 67.0 Å². The number of carboxylic acids is 2. The summed E-state index contributed by atoms with van der Waals surface area (Å²) in [5, 5.41) is 70.7. The van der Waals surface area contributed by atoms with Crippen molar-refractivity contribution in [1.82, 2.24) is 0 Å². The number of anilines is 8. The number of halogens is 6. The number of urea groups is 1. The van der Waals surface area contributed by atoms with Crippen molar-refractivity contribution in [1.29, 1.82) is 0 Å². The topological polar surface area (TPSA) is 258 Å². The van der Waals surface area contributed by atoms with E-state index in [9.17, 15) is 42.9 Å². The molecule has 2 amide bonds. The minimum atomic E-state index is -4.58. The molecule has 0 fully saturated rings. The molecule has 9 rings (SSSR count). The molecule has 0 aromatic heterocycles. The molecule has 0 saturated carbocycles. The Balaban J connectivity index is 0.000000193. The van der Waals surface area contributed by atoms with Crippen molar-refractivity contribution in [2.45, 2.75) is 11.1 Å². The van der Waals surface area contributed by atoms with Crippen LogP contribution in [0.1, 0.15) is 26.3 Å². The molecule has 0 bridgehead atoms. The lowest BCUT2D eigenvalue weighted by Gasteiger charge is -2.15. The maximum absolute atomic E-state index is 12.9. The smallest absolute Gasteiger partial charge is 0.416 e. The minimum Gasteiger partial charge on any atom is -0.506 e. The van der Waals surface area contributed by atoms with Crippen LogP contribution in [0.3, 0.4) is 0 Å². The normalized spacial score (nSPS) is 10.3. The number of carbonyl (C=O) groups excluding carboxylic acids is 1. The fraction of sp³-hybridized carbons (Fsp3) is 0.0164. The van der Waals surface area contributed by atoms with Crippen LogP contribution in [0.25, 0.3) is 0 Å². The first-order valence-electron chi connectivity index (χ1n) is 25.1. The van der Waals surface area contributed by atoms with Gasteiger partial charge >= 0.3 is 24.1 Å². The number of benzene rings is 9. The molecule has 13 N–H and O–H groups in total. The molecule has 9 aromatic rings. The van der Waals surface area contributed by atoms with Crippen LogP contribution in [0.5, 0.6) is 28.7 Å². The number of phenolic OH excluding ortho intramolecular Hbond substituents is 3. The van der Waals surface area contributed by atoms with Crippen LogP contribution in [0.15, 0.2) is 211 Å². The first-order chi connectivity index (χ1) is 41.9. The van der Waals surface area contributed by atoms with Gasteiger partial charge in [0.2, 0.25) is 0 Å². The average molecular weight is 1330 g/mol. The van der Waals surface area contributed by atoms with Gasteiger partial charge in [-0.05, 0) is 182 Å². The lowest BCUT2D eigenvalue weighted by atomic mass is 10.2. The Morgan fingerprint density at radius 1 is 0.432 bits per heavy atom. The van der Waals surface area contributed by atoms with Crippen LogP contribution in [0.2, 0.25) is 15.1 Å². The number of amides is 2. The standard InChI is InChI=1S/C20H12Cl3F3N2O2.C15H12N2O6S.C13H12N2OS.C13H12N2S2/c21-12-2-5-14(6-3-12)30-18-8-4-13(22)10-17(18)28-19(29)27-16-9-11(20(24,25)26)1-7-15(16)23;18-11-3-1-7(13(20)21)5-9(11)16-15(24)17-10-6-8(14(22)23)2-4-12(10)19;2*16-12-9-5-4-8-11(12)15-13(17)14-10-6-2-1-3-7-10/h1-10H,(H2,27,28,29);1-6,18-19H,(H,20,21)(H,22,23)(H2,16,17,24);2*1-9,16H,(H2,14,15,17). The molecule has 0 aliphatic rings. The van der Waals surface area contributed by atoms with Crippen molar-refractivity contribution in [3.8, 4) is 28.7 Å². The summed E-state index contributed by atoms with van der Waals surface area (Å²) in [5.41, 5.74) is 2.35. The number of aromatic hydroxyl groups is 3. The van der Waals surface area contributed by atoms with Gasteiger partial charge in [0.05, 0.1) is 55.8 Å². The molecular weight excluding hydrogens is 1280 g/mol. The second-order valence-electron chi connectivity index (χ2n) is 17.5. The third-order valence-corrected chi connectivity index (χ3v) is 12.9. The number of para-hydroxylation sites is 5. The zero-order valence-electron chi connectivity index (χ0n) is 44.9. The number of thiocarbonyl (C=S) groups is 3. The largest absolute Gasteiger partial charge is 0.506 e. The fourth-order valence-electron chi connectivity index (χ4n) is 6.98. The lowest BCUT2D eigenvalue weighted by Crippen LogP contribution is -2.20. The molecule has 0 radical (unpaired) electrons. The summed E-state index contributed by atoms with van der Waals surface area (Å²) in [6, 6.07) is 54.1. The third-order valence-electron chi connectivity index (χ3n) is 11.1. The number of hydrogen-bond acceptors (Lipinski definition) is 11. The molecule has 9 aromatic carbocycles. The third kappa shape index (κ3) is 22.1. The number of aromatic carboxylic acids is 2. The van der Waals surface area contributed by atoms with Gasteiger partial charge in [-0.2, -0.15) is 13.2 Å². The summed E-state index contributed by atoms with van der Waals surface area (Å²) in [6.45, 7) is 0. The predicted molar refractivity (Wildman–Crippen MR) is 356 cm³/mol. The molecule has 0 heterocycles. The summed E-state index contributed by atoms with van der Waals surface area (Å²) in [7, 11) is 0. The minimum absolute atomic E-state index is 0.0429. The second-order valence-corrected chi connectivity index (χ2v) is 20.5. The average Bonchev–Trinajstić information content (AvgIpc) is 3.36. The van der Waals surface area contributed by atoms with Crippen molar-refractivity contribution >= 4 is 163 Å².